The van der Waals surface area contributed by atoms with E-state index in [-0.39, 0.29) is 31.1 Å². The molecule has 3 aromatic carbocycles. The summed E-state index contributed by atoms with van der Waals surface area (Å²) in [5.74, 6) is -0.0624. The van der Waals surface area contributed by atoms with Gasteiger partial charge >= 0.3 is 5.97 Å². The van der Waals surface area contributed by atoms with E-state index in [1.165, 1.54) is 0 Å². The van der Waals surface area contributed by atoms with E-state index in [2.05, 4.69) is 19.2 Å². The highest BCUT2D eigenvalue weighted by Crippen LogP contribution is 2.47. The molecule has 2 N–H and O–H groups in total. The number of benzene rings is 3. The number of aryl methyl sites for hydroxylation is 1. The number of ether oxygens (including phenoxy) is 3. The summed E-state index contributed by atoms with van der Waals surface area (Å²) in [7, 11) is 1.59. The number of likely N-dealkylation sites (tertiary alicyclic amines) is 1. The highest BCUT2D eigenvalue weighted by Gasteiger charge is 2.48. The van der Waals surface area contributed by atoms with Crippen LogP contribution in [0.1, 0.15) is 54.0 Å². The molecule has 3 atom stereocenters. The van der Waals surface area contributed by atoms with Gasteiger partial charge in [-0.15, -0.1) is 0 Å². The van der Waals surface area contributed by atoms with Gasteiger partial charge in [0.25, 0.3) is 0 Å². The second-order valence-corrected chi connectivity index (χ2v) is 10.5. The number of hydrogen-bond acceptors (Lipinski definition) is 6. The smallest absolute Gasteiger partial charge is 0.309 e. The van der Waals surface area contributed by atoms with Gasteiger partial charge in [-0.25, -0.2) is 0 Å². The molecule has 8 nitrogen and oxygen atoms in total. The van der Waals surface area contributed by atoms with Crippen molar-refractivity contribution in [2.24, 2.45) is 5.92 Å². The van der Waals surface area contributed by atoms with Crippen molar-refractivity contribution >= 4 is 17.6 Å². The number of nitrogens with zero attached hydrogens (tertiary/aromatic N) is 1. The van der Waals surface area contributed by atoms with Crippen molar-refractivity contribution in [1.29, 1.82) is 0 Å². The summed E-state index contributed by atoms with van der Waals surface area (Å²) in [6, 6.07) is 18.5. The van der Waals surface area contributed by atoms with Crippen LogP contribution in [0.2, 0.25) is 0 Å². The van der Waals surface area contributed by atoms with E-state index in [0.717, 1.165) is 27.9 Å². The van der Waals surface area contributed by atoms with Crippen molar-refractivity contribution in [3.05, 3.63) is 82.9 Å². The fraction of sp³-hybridized carbons (Fsp3) is 0.355. The van der Waals surface area contributed by atoms with Gasteiger partial charge in [0.15, 0.2) is 11.5 Å². The van der Waals surface area contributed by atoms with Crippen LogP contribution in [-0.4, -0.2) is 48.9 Å². The summed E-state index contributed by atoms with van der Waals surface area (Å²) in [5.41, 5.74) is 4.54. The van der Waals surface area contributed by atoms with Crippen LogP contribution in [0, 0.1) is 12.8 Å². The molecular weight excluding hydrogens is 496 g/mol. The van der Waals surface area contributed by atoms with Gasteiger partial charge in [-0.05, 0) is 59.4 Å². The molecule has 2 heterocycles. The lowest BCUT2D eigenvalue weighted by atomic mass is 9.82. The zero-order valence-electron chi connectivity index (χ0n) is 22.6. The second kappa shape index (κ2) is 11.0. The van der Waals surface area contributed by atoms with Crippen molar-refractivity contribution in [3.63, 3.8) is 0 Å². The van der Waals surface area contributed by atoms with E-state index in [1.54, 1.807) is 7.11 Å². The minimum absolute atomic E-state index is 0.0490. The predicted molar refractivity (Wildman–Crippen MR) is 148 cm³/mol. The summed E-state index contributed by atoms with van der Waals surface area (Å²) in [6.07, 6.45) is 0. The van der Waals surface area contributed by atoms with E-state index in [0.29, 0.717) is 23.8 Å². The average molecular weight is 531 g/mol. The zero-order chi connectivity index (χ0) is 27.7. The molecule has 0 saturated carbocycles. The lowest BCUT2D eigenvalue weighted by Crippen LogP contribution is -2.35. The lowest BCUT2D eigenvalue weighted by Gasteiger charge is -2.27. The van der Waals surface area contributed by atoms with E-state index < -0.39 is 17.9 Å². The first kappa shape index (κ1) is 26.6. The SMILES string of the molecule is COc1ccc([C@@H]2[C@@H](C(=O)O)C(c3ccc4c(c3)OCO4)CN2CC(=O)Nc2c(C)cccc2C(C)C)cc1. The first-order chi connectivity index (χ1) is 18.8. The highest BCUT2D eigenvalue weighted by atomic mass is 16.7. The highest BCUT2D eigenvalue weighted by molar-refractivity contribution is 5.94. The molecule has 5 rings (SSSR count). The quantitative estimate of drug-likeness (QED) is 0.406. The number of carboxylic acids is 1. The number of carboxylic acid groups (broad SMARTS) is 1. The molecule has 1 unspecified atom stereocenters. The third kappa shape index (κ3) is 5.29. The maximum Gasteiger partial charge on any atom is 0.309 e. The van der Waals surface area contributed by atoms with Gasteiger partial charge in [0.1, 0.15) is 5.75 Å². The van der Waals surface area contributed by atoms with Crippen LogP contribution >= 0.6 is 0 Å². The maximum atomic E-state index is 13.5. The van der Waals surface area contributed by atoms with Gasteiger partial charge < -0.3 is 24.6 Å². The van der Waals surface area contributed by atoms with Crippen molar-refractivity contribution in [1.82, 2.24) is 4.90 Å². The van der Waals surface area contributed by atoms with Crippen molar-refractivity contribution in [2.75, 3.05) is 32.3 Å². The van der Waals surface area contributed by atoms with Crippen molar-refractivity contribution < 1.29 is 28.9 Å². The molecular formula is C31H34N2O6. The number of anilines is 1. The number of nitrogens with one attached hydrogen (secondary N) is 1. The van der Waals surface area contributed by atoms with Gasteiger partial charge in [0.2, 0.25) is 12.7 Å². The zero-order valence-corrected chi connectivity index (χ0v) is 22.6. The van der Waals surface area contributed by atoms with Crippen LogP contribution in [0.15, 0.2) is 60.7 Å². The fourth-order valence-corrected chi connectivity index (χ4v) is 5.78. The summed E-state index contributed by atoms with van der Waals surface area (Å²) in [4.78, 5) is 28.3. The van der Waals surface area contributed by atoms with E-state index in [4.69, 9.17) is 14.2 Å². The summed E-state index contributed by atoms with van der Waals surface area (Å²) in [6.45, 7) is 6.76. The van der Waals surface area contributed by atoms with Gasteiger partial charge in [0, 0.05) is 24.2 Å². The number of methoxy groups -OCH3 is 1. The van der Waals surface area contributed by atoms with E-state index in [1.807, 2.05) is 72.5 Å². The molecule has 3 aromatic rings. The number of rotatable bonds is 8. The van der Waals surface area contributed by atoms with E-state index in [9.17, 15) is 14.7 Å². The number of hydrogen-bond donors (Lipinski definition) is 2. The Morgan fingerprint density at radius 3 is 2.46 bits per heavy atom. The first-order valence-corrected chi connectivity index (χ1v) is 13.2. The first-order valence-electron chi connectivity index (χ1n) is 13.2. The number of amides is 1. The summed E-state index contributed by atoms with van der Waals surface area (Å²) in [5, 5.41) is 13.6. The Morgan fingerprint density at radius 1 is 1.05 bits per heavy atom. The Labute approximate surface area is 228 Å². The fourth-order valence-electron chi connectivity index (χ4n) is 5.78. The van der Waals surface area contributed by atoms with Crippen molar-refractivity contribution in [3.8, 4) is 17.2 Å². The van der Waals surface area contributed by atoms with E-state index >= 15 is 0 Å². The number of carbonyl (C=O) groups is 2. The molecule has 1 fully saturated rings. The Morgan fingerprint density at radius 2 is 1.77 bits per heavy atom. The predicted octanol–water partition coefficient (Wildman–Crippen LogP) is 5.34. The average Bonchev–Trinajstić information content (AvgIpc) is 3.54. The van der Waals surface area contributed by atoms with Gasteiger partial charge in [-0.1, -0.05) is 50.2 Å². The molecule has 204 valence electrons. The van der Waals surface area contributed by atoms with Crippen LogP contribution in [0.3, 0.4) is 0 Å². The Bertz CT molecular complexity index is 1370. The summed E-state index contributed by atoms with van der Waals surface area (Å²) >= 11 is 0. The second-order valence-electron chi connectivity index (χ2n) is 10.5. The number of fused-ring (bicyclic) bond motifs is 1. The minimum atomic E-state index is -0.914. The third-order valence-corrected chi connectivity index (χ3v) is 7.70. The van der Waals surface area contributed by atoms with Crippen LogP contribution in [-0.2, 0) is 9.59 Å². The normalized spacial score (nSPS) is 20.3. The molecule has 2 aliphatic heterocycles. The molecule has 0 aromatic heterocycles. The van der Waals surface area contributed by atoms with Crippen LogP contribution in [0.4, 0.5) is 5.69 Å². The molecule has 2 aliphatic rings. The lowest BCUT2D eigenvalue weighted by molar-refractivity contribution is -0.143. The maximum absolute atomic E-state index is 13.5. The van der Waals surface area contributed by atoms with Gasteiger partial charge in [-0.2, -0.15) is 0 Å². The molecule has 1 amide bonds. The van der Waals surface area contributed by atoms with Crippen LogP contribution in [0.25, 0.3) is 0 Å². The van der Waals surface area contributed by atoms with Gasteiger partial charge in [0.05, 0.1) is 19.6 Å². The van der Waals surface area contributed by atoms with Crippen molar-refractivity contribution in [2.45, 2.75) is 38.6 Å². The minimum Gasteiger partial charge on any atom is -0.497 e. The molecule has 39 heavy (non-hydrogen) atoms. The topological polar surface area (TPSA) is 97.3 Å². The largest absolute Gasteiger partial charge is 0.497 e. The number of aliphatic carboxylic acids is 1. The Balaban J connectivity index is 1.49. The van der Waals surface area contributed by atoms with Crippen LogP contribution < -0.4 is 19.5 Å². The number of para-hydroxylation sites is 1. The van der Waals surface area contributed by atoms with Gasteiger partial charge in [-0.3, -0.25) is 14.5 Å². The monoisotopic (exact) mass is 530 g/mol. The molecule has 0 aliphatic carbocycles. The summed E-state index contributed by atoms with van der Waals surface area (Å²) < 4.78 is 16.3. The third-order valence-electron chi connectivity index (χ3n) is 7.70. The molecule has 1 saturated heterocycles. The molecule has 0 spiro atoms. The Hall–Kier alpha value is -4.04. The molecule has 0 bridgehead atoms. The molecule has 8 heteroatoms. The van der Waals surface area contributed by atoms with Crippen LogP contribution in [0.5, 0.6) is 17.2 Å². The number of carbonyl (C=O) groups excluding carboxylic acids is 1. The molecule has 0 radical (unpaired) electrons. The Kier molecular flexibility index (Phi) is 7.48. The standard InChI is InChI=1S/C31H34N2O6/c1-18(2)23-7-5-6-19(3)29(23)32-27(34)16-33-15-24(21-10-13-25-26(14-21)39-17-38-25)28(31(35)36)30(33)20-8-11-22(37-4)12-9-20/h5-14,18,24,28,30H,15-17H2,1-4H3,(H,32,34)(H,35,36)/t24?,28-,30+/m0/s1.